The Morgan fingerprint density at radius 1 is 1.00 bits per heavy atom. The number of carbonyl (C=O) groups is 2. The quantitative estimate of drug-likeness (QED) is 0.813. The second kappa shape index (κ2) is 7.97. The number of para-hydroxylation sites is 1. The van der Waals surface area contributed by atoms with Crippen molar-refractivity contribution in [1.82, 2.24) is 4.90 Å². The van der Waals surface area contributed by atoms with Crippen LogP contribution in [-0.4, -0.2) is 36.3 Å². The zero-order valence-electron chi connectivity index (χ0n) is 14.6. The third-order valence-corrected chi connectivity index (χ3v) is 4.74. The smallest absolute Gasteiger partial charge is 0.228 e. The molecule has 0 saturated heterocycles. The molecular formula is C21H24N2O2. The average Bonchev–Trinajstić information content (AvgIpc) is 3.06. The molecule has 1 heterocycles. The lowest BCUT2D eigenvalue weighted by atomic mass is 10.1. The van der Waals surface area contributed by atoms with E-state index in [2.05, 4.69) is 18.2 Å². The Morgan fingerprint density at radius 2 is 1.72 bits per heavy atom. The fourth-order valence-electron chi connectivity index (χ4n) is 3.30. The van der Waals surface area contributed by atoms with Gasteiger partial charge in [0, 0.05) is 38.7 Å². The predicted molar refractivity (Wildman–Crippen MR) is 99.5 cm³/mol. The predicted octanol–water partition coefficient (Wildman–Crippen LogP) is 3.06. The first-order valence-corrected chi connectivity index (χ1v) is 8.83. The molecule has 0 unspecified atom stereocenters. The number of benzene rings is 2. The molecular weight excluding hydrogens is 312 g/mol. The van der Waals surface area contributed by atoms with Gasteiger partial charge in [0.1, 0.15) is 0 Å². The zero-order chi connectivity index (χ0) is 17.6. The van der Waals surface area contributed by atoms with E-state index >= 15 is 0 Å². The van der Waals surface area contributed by atoms with Gasteiger partial charge in [-0.05, 0) is 30.0 Å². The van der Waals surface area contributed by atoms with Crippen molar-refractivity contribution in [3.05, 3.63) is 65.7 Å². The maximum atomic E-state index is 12.6. The van der Waals surface area contributed by atoms with Crippen LogP contribution in [0, 0.1) is 0 Å². The van der Waals surface area contributed by atoms with Crippen molar-refractivity contribution in [2.75, 3.05) is 24.5 Å². The number of hydrogen-bond acceptors (Lipinski definition) is 2. The molecule has 0 bridgehead atoms. The van der Waals surface area contributed by atoms with E-state index in [1.165, 1.54) is 11.1 Å². The summed E-state index contributed by atoms with van der Waals surface area (Å²) in [7, 11) is 0. The van der Waals surface area contributed by atoms with E-state index in [1.54, 1.807) is 11.8 Å². The summed E-state index contributed by atoms with van der Waals surface area (Å²) in [5.74, 6) is 0.112. The minimum atomic E-state index is 0.0190. The third kappa shape index (κ3) is 4.27. The maximum Gasteiger partial charge on any atom is 0.228 e. The summed E-state index contributed by atoms with van der Waals surface area (Å²) in [6.07, 6.45) is 2.08. The number of rotatable bonds is 6. The Morgan fingerprint density at radius 3 is 2.48 bits per heavy atom. The molecule has 0 spiro atoms. The van der Waals surface area contributed by atoms with Crippen LogP contribution in [0.1, 0.15) is 24.5 Å². The van der Waals surface area contributed by atoms with Crippen LogP contribution < -0.4 is 4.90 Å². The Balaban J connectivity index is 1.55. The van der Waals surface area contributed by atoms with Crippen LogP contribution in [-0.2, 0) is 22.4 Å². The number of hydrogen-bond donors (Lipinski definition) is 0. The number of anilines is 1. The van der Waals surface area contributed by atoms with Crippen molar-refractivity contribution >= 4 is 17.5 Å². The lowest BCUT2D eigenvalue weighted by Crippen LogP contribution is -2.36. The minimum absolute atomic E-state index is 0.0190. The number of carbonyl (C=O) groups excluding carboxylic acids is 2. The fourth-order valence-corrected chi connectivity index (χ4v) is 3.30. The molecule has 0 N–H and O–H groups in total. The summed E-state index contributed by atoms with van der Waals surface area (Å²) in [6, 6.07) is 18.2. The van der Waals surface area contributed by atoms with Gasteiger partial charge in [-0.3, -0.25) is 9.59 Å². The SMILES string of the molecule is CC(=O)N(CCC(=O)N1CCc2ccccc21)CCc1ccccc1. The number of nitrogens with zero attached hydrogens (tertiary/aromatic N) is 2. The summed E-state index contributed by atoms with van der Waals surface area (Å²) >= 11 is 0. The number of amides is 2. The molecule has 4 heteroatoms. The van der Waals surface area contributed by atoms with Crippen molar-refractivity contribution in [3.63, 3.8) is 0 Å². The normalized spacial score (nSPS) is 12.8. The largest absolute Gasteiger partial charge is 0.342 e. The monoisotopic (exact) mass is 336 g/mol. The van der Waals surface area contributed by atoms with Gasteiger partial charge in [0.15, 0.2) is 0 Å². The van der Waals surface area contributed by atoms with Gasteiger partial charge in [-0.1, -0.05) is 48.5 Å². The molecule has 4 nitrogen and oxygen atoms in total. The lowest BCUT2D eigenvalue weighted by Gasteiger charge is -2.23. The second-order valence-corrected chi connectivity index (χ2v) is 6.42. The molecule has 0 aromatic heterocycles. The summed E-state index contributed by atoms with van der Waals surface area (Å²) in [6.45, 7) is 3.42. The van der Waals surface area contributed by atoms with E-state index in [1.807, 2.05) is 41.3 Å². The molecule has 1 aliphatic heterocycles. The van der Waals surface area contributed by atoms with E-state index in [4.69, 9.17) is 0 Å². The minimum Gasteiger partial charge on any atom is -0.342 e. The van der Waals surface area contributed by atoms with Crippen LogP contribution in [0.3, 0.4) is 0 Å². The Hall–Kier alpha value is -2.62. The van der Waals surface area contributed by atoms with Crippen molar-refractivity contribution in [3.8, 4) is 0 Å². The highest BCUT2D eigenvalue weighted by Gasteiger charge is 2.24. The van der Waals surface area contributed by atoms with Crippen molar-refractivity contribution in [2.45, 2.75) is 26.2 Å². The number of fused-ring (bicyclic) bond motifs is 1. The molecule has 0 atom stereocenters. The van der Waals surface area contributed by atoms with Gasteiger partial charge < -0.3 is 9.80 Å². The van der Waals surface area contributed by atoms with E-state index in [0.29, 0.717) is 19.5 Å². The maximum absolute atomic E-state index is 12.6. The molecule has 0 saturated carbocycles. The van der Waals surface area contributed by atoms with Crippen LogP contribution in [0.4, 0.5) is 5.69 Å². The molecule has 2 aromatic rings. The van der Waals surface area contributed by atoms with Crippen LogP contribution in [0.15, 0.2) is 54.6 Å². The highest BCUT2D eigenvalue weighted by atomic mass is 16.2. The molecule has 3 rings (SSSR count). The first-order chi connectivity index (χ1) is 12.1. The third-order valence-electron chi connectivity index (χ3n) is 4.74. The van der Waals surface area contributed by atoms with Gasteiger partial charge in [-0.2, -0.15) is 0 Å². The van der Waals surface area contributed by atoms with Crippen LogP contribution >= 0.6 is 0 Å². The summed E-state index contributed by atoms with van der Waals surface area (Å²) < 4.78 is 0. The Kier molecular flexibility index (Phi) is 5.49. The van der Waals surface area contributed by atoms with E-state index in [-0.39, 0.29) is 11.8 Å². The second-order valence-electron chi connectivity index (χ2n) is 6.42. The average molecular weight is 336 g/mol. The van der Waals surface area contributed by atoms with Gasteiger partial charge in [-0.25, -0.2) is 0 Å². The van der Waals surface area contributed by atoms with Crippen LogP contribution in [0.5, 0.6) is 0 Å². The lowest BCUT2D eigenvalue weighted by molar-refractivity contribution is -0.129. The molecule has 0 radical (unpaired) electrons. The molecule has 0 aliphatic carbocycles. The Bertz CT molecular complexity index is 743. The van der Waals surface area contributed by atoms with Crippen LogP contribution in [0.2, 0.25) is 0 Å². The standard InChI is InChI=1S/C21H24N2O2/c1-17(24)22(14-11-18-7-3-2-4-8-18)15-13-21(25)23-16-12-19-9-5-6-10-20(19)23/h2-10H,11-16H2,1H3. The van der Waals surface area contributed by atoms with E-state index in [0.717, 1.165) is 25.1 Å². The Labute approximate surface area is 149 Å². The molecule has 25 heavy (non-hydrogen) atoms. The molecule has 2 amide bonds. The molecule has 1 aliphatic rings. The first-order valence-electron chi connectivity index (χ1n) is 8.83. The summed E-state index contributed by atoms with van der Waals surface area (Å²) in [4.78, 5) is 28.1. The summed E-state index contributed by atoms with van der Waals surface area (Å²) in [5.41, 5.74) is 3.45. The fraction of sp³-hybridized carbons (Fsp3) is 0.333. The van der Waals surface area contributed by atoms with Gasteiger partial charge in [-0.15, -0.1) is 0 Å². The highest BCUT2D eigenvalue weighted by molar-refractivity contribution is 5.95. The highest BCUT2D eigenvalue weighted by Crippen LogP contribution is 2.27. The zero-order valence-corrected chi connectivity index (χ0v) is 14.6. The van der Waals surface area contributed by atoms with Gasteiger partial charge >= 0.3 is 0 Å². The first kappa shape index (κ1) is 17.2. The molecule has 0 fully saturated rings. The van der Waals surface area contributed by atoms with Crippen molar-refractivity contribution < 1.29 is 9.59 Å². The molecule has 2 aromatic carbocycles. The van der Waals surface area contributed by atoms with Gasteiger partial charge in [0.2, 0.25) is 11.8 Å². The topological polar surface area (TPSA) is 40.6 Å². The van der Waals surface area contributed by atoms with Crippen molar-refractivity contribution in [2.24, 2.45) is 0 Å². The summed E-state index contributed by atoms with van der Waals surface area (Å²) in [5, 5.41) is 0. The molecule has 130 valence electrons. The van der Waals surface area contributed by atoms with Crippen molar-refractivity contribution in [1.29, 1.82) is 0 Å². The van der Waals surface area contributed by atoms with Gasteiger partial charge in [0.25, 0.3) is 0 Å². The van der Waals surface area contributed by atoms with Crippen LogP contribution in [0.25, 0.3) is 0 Å². The van der Waals surface area contributed by atoms with E-state index in [9.17, 15) is 9.59 Å². The van der Waals surface area contributed by atoms with Gasteiger partial charge in [0.05, 0.1) is 0 Å². The van der Waals surface area contributed by atoms with E-state index < -0.39 is 0 Å².